The Bertz CT molecular complexity index is 154. The molecular formula is C8H14O3S. The van der Waals surface area contributed by atoms with E-state index in [1.165, 1.54) is 7.11 Å². The van der Waals surface area contributed by atoms with Crippen molar-refractivity contribution in [1.82, 2.24) is 0 Å². The predicted octanol–water partition coefficient (Wildman–Crippen LogP) is 0.663. The first kappa shape index (κ1) is 9.86. The molecule has 3 nitrogen and oxygen atoms in total. The van der Waals surface area contributed by atoms with Gasteiger partial charge in [0.25, 0.3) is 0 Å². The van der Waals surface area contributed by atoms with Crippen molar-refractivity contribution >= 4 is 17.7 Å². The molecule has 1 N–H and O–H groups in total. The average molecular weight is 190 g/mol. The van der Waals surface area contributed by atoms with Crippen LogP contribution in [0.25, 0.3) is 0 Å². The molecule has 0 saturated carbocycles. The van der Waals surface area contributed by atoms with E-state index in [0.717, 1.165) is 24.3 Å². The summed E-state index contributed by atoms with van der Waals surface area (Å²) in [7, 11) is 1.31. The van der Waals surface area contributed by atoms with Crippen LogP contribution in [0.3, 0.4) is 0 Å². The molecule has 0 aromatic rings. The van der Waals surface area contributed by atoms with Gasteiger partial charge in [0.15, 0.2) is 6.10 Å². The minimum absolute atomic E-state index is 0.0937. The fourth-order valence-electron chi connectivity index (χ4n) is 1.33. The molecule has 0 aromatic heterocycles. The summed E-state index contributed by atoms with van der Waals surface area (Å²) in [4.78, 5) is 10.9. The number of methoxy groups -OCH3 is 1. The highest BCUT2D eigenvalue weighted by atomic mass is 32.2. The van der Waals surface area contributed by atoms with Gasteiger partial charge in [-0.3, -0.25) is 0 Å². The van der Waals surface area contributed by atoms with Gasteiger partial charge in [-0.15, -0.1) is 0 Å². The van der Waals surface area contributed by atoms with E-state index in [2.05, 4.69) is 4.74 Å². The van der Waals surface area contributed by atoms with Crippen molar-refractivity contribution < 1.29 is 14.6 Å². The quantitative estimate of drug-likeness (QED) is 0.650. The van der Waals surface area contributed by atoms with Crippen LogP contribution in [0.1, 0.15) is 12.8 Å². The lowest BCUT2D eigenvalue weighted by molar-refractivity contribution is -0.153. The molecule has 2 atom stereocenters. The summed E-state index contributed by atoms with van der Waals surface area (Å²) in [6.45, 7) is 0. The Morgan fingerprint density at radius 2 is 2.50 bits per heavy atom. The van der Waals surface area contributed by atoms with Crippen molar-refractivity contribution in [2.75, 3.05) is 18.6 Å². The second kappa shape index (κ2) is 4.72. The Balaban J connectivity index is 2.39. The number of aliphatic hydroxyl groups excluding tert-OH is 1. The van der Waals surface area contributed by atoms with Crippen LogP contribution in [0, 0.1) is 5.92 Å². The molecule has 2 unspecified atom stereocenters. The molecule has 0 bridgehead atoms. The molecule has 0 amide bonds. The monoisotopic (exact) mass is 190 g/mol. The van der Waals surface area contributed by atoms with Crippen molar-refractivity contribution in [2.45, 2.75) is 18.9 Å². The molecule has 1 aliphatic heterocycles. The number of carbonyl (C=O) groups excluding carboxylic acids is 1. The number of aliphatic hydroxyl groups is 1. The van der Waals surface area contributed by atoms with Crippen molar-refractivity contribution in [2.24, 2.45) is 5.92 Å². The Labute approximate surface area is 76.5 Å². The van der Waals surface area contributed by atoms with Crippen LogP contribution in [-0.4, -0.2) is 35.8 Å². The molecule has 0 aromatic carbocycles. The molecule has 0 aliphatic carbocycles. The van der Waals surface area contributed by atoms with Gasteiger partial charge in [-0.1, -0.05) is 0 Å². The van der Waals surface area contributed by atoms with Gasteiger partial charge < -0.3 is 9.84 Å². The summed E-state index contributed by atoms with van der Waals surface area (Å²) in [5.74, 6) is 1.61. The summed E-state index contributed by atoms with van der Waals surface area (Å²) >= 11 is 1.79. The number of esters is 1. The summed E-state index contributed by atoms with van der Waals surface area (Å²) in [5.41, 5.74) is 0. The van der Waals surface area contributed by atoms with Gasteiger partial charge in [0.05, 0.1) is 7.11 Å². The highest BCUT2D eigenvalue weighted by Crippen LogP contribution is 2.25. The molecule has 1 rings (SSSR count). The second-order valence-corrected chi connectivity index (χ2v) is 4.10. The van der Waals surface area contributed by atoms with Crippen molar-refractivity contribution in [3.05, 3.63) is 0 Å². The fraction of sp³-hybridized carbons (Fsp3) is 0.875. The molecular weight excluding hydrogens is 176 g/mol. The van der Waals surface area contributed by atoms with Crippen LogP contribution < -0.4 is 0 Å². The molecule has 1 saturated heterocycles. The summed E-state index contributed by atoms with van der Waals surface area (Å²) in [6, 6.07) is 0. The van der Waals surface area contributed by atoms with Gasteiger partial charge >= 0.3 is 5.97 Å². The Kier molecular flexibility index (Phi) is 3.88. The van der Waals surface area contributed by atoms with Crippen LogP contribution in [0.5, 0.6) is 0 Å². The van der Waals surface area contributed by atoms with E-state index in [0.29, 0.717) is 0 Å². The van der Waals surface area contributed by atoms with Gasteiger partial charge in [-0.2, -0.15) is 11.8 Å². The van der Waals surface area contributed by atoms with Crippen LogP contribution in [0.15, 0.2) is 0 Å². The zero-order valence-corrected chi connectivity index (χ0v) is 7.97. The first-order chi connectivity index (χ1) is 5.75. The van der Waals surface area contributed by atoms with E-state index < -0.39 is 12.1 Å². The largest absolute Gasteiger partial charge is 0.467 e. The minimum atomic E-state index is -0.914. The van der Waals surface area contributed by atoms with E-state index in [9.17, 15) is 9.90 Å². The maximum atomic E-state index is 10.9. The van der Waals surface area contributed by atoms with Gasteiger partial charge in [0, 0.05) is 5.92 Å². The summed E-state index contributed by atoms with van der Waals surface area (Å²) < 4.78 is 4.47. The number of thioether (sulfide) groups is 1. The molecule has 1 fully saturated rings. The first-order valence-electron chi connectivity index (χ1n) is 4.09. The third kappa shape index (κ3) is 2.38. The van der Waals surface area contributed by atoms with E-state index in [1.54, 1.807) is 11.8 Å². The third-order valence-corrected chi connectivity index (χ3v) is 3.33. The van der Waals surface area contributed by atoms with E-state index in [-0.39, 0.29) is 5.92 Å². The van der Waals surface area contributed by atoms with Gasteiger partial charge in [0.1, 0.15) is 0 Å². The highest BCUT2D eigenvalue weighted by Gasteiger charge is 2.28. The van der Waals surface area contributed by atoms with E-state index in [1.807, 2.05) is 0 Å². The second-order valence-electron chi connectivity index (χ2n) is 2.95. The molecule has 1 heterocycles. The zero-order chi connectivity index (χ0) is 8.97. The number of carbonyl (C=O) groups is 1. The lowest BCUT2D eigenvalue weighted by Crippen LogP contribution is -2.33. The minimum Gasteiger partial charge on any atom is -0.467 e. The smallest absolute Gasteiger partial charge is 0.335 e. The highest BCUT2D eigenvalue weighted by molar-refractivity contribution is 7.99. The Morgan fingerprint density at radius 3 is 3.00 bits per heavy atom. The van der Waals surface area contributed by atoms with Crippen LogP contribution in [-0.2, 0) is 9.53 Å². The first-order valence-corrected chi connectivity index (χ1v) is 5.25. The lowest BCUT2D eigenvalue weighted by Gasteiger charge is -2.24. The van der Waals surface area contributed by atoms with Crippen molar-refractivity contribution in [3.63, 3.8) is 0 Å². The molecule has 1 aliphatic rings. The topological polar surface area (TPSA) is 46.5 Å². The van der Waals surface area contributed by atoms with Gasteiger partial charge in [-0.05, 0) is 24.3 Å². The molecule has 70 valence electrons. The summed E-state index contributed by atoms with van der Waals surface area (Å²) in [6.07, 6.45) is 1.11. The zero-order valence-electron chi connectivity index (χ0n) is 7.16. The van der Waals surface area contributed by atoms with Gasteiger partial charge in [0.2, 0.25) is 0 Å². The van der Waals surface area contributed by atoms with E-state index >= 15 is 0 Å². The SMILES string of the molecule is COC(=O)C(O)C1CCCSC1. The van der Waals surface area contributed by atoms with Crippen LogP contribution in [0.2, 0.25) is 0 Å². The molecule has 4 heteroatoms. The van der Waals surface area contributed by atoms with Gasteiger partial charge in [-0.25, -0.2) is 4.79 Å². The number of ether oxygens (including phenoxy) is 1. The van der Waals surface area contributed by atoms with E-state index in [4.69, 9.17) is 0 Å². The molecule has 12 heavy (non-hydrogen) atoms. The maximum Gasteiger partial charge on any atom is 0.335 e. The van der Waals surface area contributed by atoms with Crippen molar-refractivity contribution in [3.8, 4) is 0 Å². The lowest BCUT2D eigenvalue weighted by atomic mass is 9.99. The predicted molar refractivity (Wildman–Crippen MR) is 48.1 cm³/mol. The third-order valence-electron chi connectivity index (χ3n) is 2.08. The number of hydrogen-bond donors (Lipinski definition) is 1. The Hall–Kier alpha value is -0.220. The van der Waals surface area contributed by atoms with Crippen molar-refractivity contribution in [1.29, 1.82) is 0 Å². The number of rotatable bonds is 2. The van der Waals surface area contributed by atoms with Crippen LogP contribution in [0.4, 0.5) is 0 Å². The molecule has 0 spiro atoms. The normalized spacial score (nSPS) is 26.3. The Morgan fingerprint density at radius 1 is 1.75 bits per heavy atom. The average Bonchev–Trinajstić information content (AvgIpc) is 2.17. The fourth-order valence-corrected chi connectivity index (χ4v) is 2.52. The van der Waals surface area contributed by atoms with Crippen LogP contribution >= 0.6 is 11.8 Å². The molecule has 0 radical (unpaired) electrons. The number of hydrogen-bond acceptors (Lipinski definition) is 4. The maximum absolute atomic E-state index is 10.9. The standard InChI is InChI=1S/C8H14O3S/c1-11-8(10)7(9)6-3-2-4-12-5-6/h6-7,9H,2-5H2,1H3. The summed E-state index contributed by atoms with van der Waals surface area (Å²) in [5, 5.41) is 9.45.